The summed E-state index contributed by atoms with van der Waals surface area (Å²) in [6.07, 6.45) is 0.328. The molecule has 0 saturated heterocycles. The average molecular weight is 280 g/mol. The monoisotopic (exact) mass is 280 g/mol. The van der Waals surface area contributed by atoms with Crippen molar-refractivity contribution in [2.75, 3.05) is 13.2 Å². The molecule has 0 saturated carbocycles. The van der Waals surface area contributed by atoms with Crippen LogP contribution in [0.15, 0.2) is 6.07 Å². The minimum absolute atomic E-state index is 0.0831. The van der Waals surface area contributed by atoms with Crippen LogP contribution in [0.3, 0.4) is 0 Å². The Labute approximate surface area is 115 Å². The highest BCUT2D eigenvalue weighted by atomic mass is 16.5. The minimum atomic E-state index is -0.811. The van der Waals surface area contributed by atoms with Gasteiger partial charge in [-0.3, -0.25) is 14.3 Å². The Bertz CT molecular complexity index is 549. The minimum Gasteiger partial charge on any atom is -0.465 e. The van der Waals surface area contributed by atoms with Crippen molar-refractivity contribution in [2.45, 2.75) is 26.8 Å². The maximum Gasteiger partial charge on any atom is 0.358 e. The van der Waals surface area contributed by atoms with Crippen LogP contribution in [-0.2, 0) is 20.8 Å². The van der Waals surface area contributed by atoms with Gasteiger partial charge in [0.2, 0.25) is 0 Å². The molecule has 7 heteroatoms. The molecule has 0 bridgehead atoms. The van der Waals surface area contributed by atoms with E-state index in [9.17, 15) is 14.4 Å². The number of Topliss-reactive ketones (excluding diaryl/α,β-unsaturated/α-hetero) is 1. The summed E-state index contributed by atoms with van der Waals surface area (Å²) < 4.78 is 11.1. The van der Waals surface area contributed by atoms with Gasteiger partial charge in [0.25, 0.3) is 0 Å². The quantitative estimate of drug-likeness (QED) is 0.599. The maximum absolute atomic E-state index is 12.2. The van der Waals surface area contributed by atoms with Gasteiger partial charge < -0.3 is 9.47 Å². The van der Waals surface area contributed by atoms with Crippen LogP contribution in [0.5, 0.6) is 0 Å². The standard InChI is InChI=1S/C13H16N2O5/c1-3-19-12(17)8-5-6-15-10(11(8)16)7-9(14-15)13(18)20-4-2/h7-8H,3-6H2,1-2H3/t8-/m0/s1. The fraction of sp³-hybridized carbons (Fsp3) is 0.538. The summed E-state index contributed by atoms with van der Waals surface area (Å²) in [7, 11) is 0. The number of rotatable bonds is 4. The second-order valence-corrected chi connectivity index (χ2v) is 4.32. The van der Waals surface area contributed by atoms with Gasteiger partial charge >= 0.3 is 11.9 Å². The van der Waals surface area contributed by atoms with Gasteiger partial charge in [-0.2, -0.15) is 5.10 Å². The van der Waals surface area contributed by atoms with Crippen LogP contribution < -0.4 is 0 Å². The average Bonchev–Trinajstić information content (AvgIpc) is 2.84. The largest absolute Gasteiger partial charge is 0.465 e. The zero-order valence-corrected chi connectivity index (χ0v) is 11.4. The van der Waals surface area contributed by atoms with E-state index in [4.69, 9.17) is 9.47 Å². The van der Waals surface area contributed by atoms with Gasteiger partial charge in [-0.1, -0.05) is 0 Å². The number of fused-ring (bicyclic) bond motifs is 1. The summed E-state index contributed by atoms with van der Waals surface area (Å²) in [5.74, 6) is -2.27. The van der Waals surface area contributed by atoms with Crippen molar-refractivity contribution in [3.63, 3.8) is 0 Å². The lowest BCUT2D eigenvalue weighted by atomic mass is 9.95. The second kappa shape index (κ2) is 5.85. The number of hydrogen-bond donors (Lipinski definition) is 0. The second-order valence-electron chi connectivity index (χ2n) is 4.32. The van der Waals surface area contributed by atoms with Crippen molar-refractivity contribution in [1.82, 2.24) is 9.78 Å². The number of aryl methyl sites for hydroxylation is 1. The van der Waals surface area contributed by atoms with E-state index in [0.29, 0.717) is 13.0 Å². The molecular weight excluding hydrogens is 264 g/mol. The van der Waals surface area contributed by atoms with Crippen molar-refractivity contribution in [2.24, 2.45) is 5.92 Å². The first kappa shape index (κ1) is 14.2. The Morgan fingerprint density at radius 2 is 2.05 bits per heavy atom. The van der Waals surface area contributed by atoms with E-state index in [0.717, 1.165) is 0 Å². The Balaban J connectivity index is 2.22. The van der Waals surface area contributed by atoms with Crippen molar-refractivity contribution in [1.29, 1.82) is 0 Å². The first-order valence-electron chi connectivity index (χ1n) is 6.54. The fourth-order valence-corrected chi connectivity index (χ4v) is 2.12. The van der Waals surface area contributed by atoms with Gasteiger partial charge in [-0.25, -0.2) is 4.79 Å². The van der Waals surface area contributed by atoms with Gasteiger partial charge in [0.15, 0.2) is 11.5 Å². The van der Waals surface area contributed by atoms with E-state index in [-0.39, 0.29) is 30.4 Å². The first-order chi connectivity index (χ1) is 9.58. The Morgan fingerprint density at radius 3 is 2.70 bits per heavy atom. The molecule has 2 heterocycles. The molecule has 1 atom stereocenters. The van der Waals surface area contributed by atoms with Crippen LogP contribution in [-0.4, -0.2) is 40.7 Å². The van der Waals surface area contributed by atoms with E-state index >= 15 is 0 Å². The molecule has 1 aromatic rings. The summed E-state index contributed by atoms with van der Waals surface area (Å²) in [5.41, 5.74) is 0.331. The molecule has 2 rings (SSSR count). The lowest BCUT2D eigenvalue weighted by Crippen LogP contribution is -2.33. The van der Waals surface area contributed by atoms with Crippen LogP contribution in [0.1, 0.15) is 41.2 Å². The van der Waals surface area contributed by atoms with Crippen LogP contribution in [0.2, 0.25) is 0 Å². The number of carbonyl (C=O) groups excluding carboxylic acids is 3. The molecule has 0 radical (unpaired) electrons. The predicted octanol–water partition coefficient (Wildman–Crippen LogP) is 0.826. The van der Waals surface area contributed by atoms with Gasteiger partial charge in [-0.15, -0.1) is 0 Å². The van der Waals surface area contributed by atoms with Crippen molar-refractivity contribution >= 4 is 17.7 Å². The molecule has 0 N–H and O–H groups in total. The molecule has 20 heavy (non-hydrogen) atoms. The van der Waals surface area contributed by atoms with Crippen LogP contribution in [0.25, 0.3) is 0 Å². The SMILES string of the molecule is CCOC(=O)c1cc2n(n1)CC[C@H](C(=O)OCC)C2=O. The molecule has 0 unspecified atom stereocenters. The molecule has 1 aliphatic heterocycles. The lowest BCUT2D eigenvalue weighted by Gasteiger charge is -2.20. The highest BCUT2D eigenvalue weighted by Crippen LogP contribution is 2.22. The van der Waals surface area contributed by atoms with E-state index < -0.39 is 17.9 Å². The molecule has 1 aromatic heterocycles. The third-order valence-corrected chi connectivity index (χ3v) is 3.03. The third-order valence-electron chi connectivity index (χ3n) is 3.03. The van der Waals surface area contributed by atoms with Crippen LogP contribution in [0.4, 0.5) is 0 Å². The zero-order chi connectivity index (χ0) is 14.7. The van der Waals surface area contributed by atoms with E-state index in [1.165, 1.54) is 10.7 Å². The molecule has 0 fully saturated rings. The summed E-state index contributed by atoms with van der Waals surface area (Å²) in [6.45, 7) is 4.24. The Hall–Kier alpha value is -2.18. The summed E-state index contributed by atoms with van der Waals surface area (Å²) in [6, 6.07) is 1.37. The molecule has 7 nitrogen and oxygen atoms in total. The summed E-state index contributed by atoms with van der Waals surface area (Å²) in [5, 5.41) is 4.03. The lowest BCUT2D eigenvalue weighted by molar-refractivity contribution is -0.146. The van der Waals surface area contributed by atoms with Crippen LogP contribution in [0, 0.1) is 5.92 Å². The van der Waals surface area contributed by atoms with Crippen molar-refractivity contribution < 1.29 is 23.9 Å². The molecule has 0 aromatic carbocycles. The Morgan fingerprint density at radius 1 is 1.35 bits per heavy atom. The number of esters is 2. The molecule has 0 aliphatic carbocycles. The van der Waals surface area contributed by atoms with E-state index in [2.05, 4.69) is 5.10 Å². The fourth-order valence-electron chi connectivity index (χ4n) is 2.12. The van der Waals surface area contributed by atoms with Gasteiger partial charge in [0.1, 0.15) is 11.6 Å². The van der Waals surface area contributed by atoms with Crippen molar-refractivity contribution in [3.05, 3.63) is 17.5 Å². The first-order valence-corrected chi connectivity index (χ1v) is 6.54. The normalized spacial score (nSPS) is 17.5. The number of nitrogens with zero attached hydrogens (tertiary/aromatic N) is 2. The molecule has 1 aliphatic rings. The molecule has 0 amide bonds. The summed E-state index contributed by atoms with van der Waals surface area (Å²) in [4.78, 5) is 35.5. The number of carbonyl (C=O) groups is 3. The highest BCUT2D eigenvalue weighted by molar-refractivity contribution is 6.09. The summed E-state index contributed by atoms with van der Waals surface area (Å²) >= 11 is 0. The van der Waals surface area contributed by atoms with Crippen molar-refractivity contribution in [3.8, 4) is 0 Å². The van der Waals surface area contributed by atoms with Gasteiger partial charge in [0, 0.05) is 12.6 Å². The van der Waals surface area contributed by atoms with Gasteiger partial charge in [-0.05, 0) is 20.3 Å². The number of aromatic nitrogens is 2. The Kier molecular flexibility index (Phi) is 4.16. The van der Waals surface area contributed by atoms with E-state index in [1.807, 2.05) is 0 Å². The third kappa shape index (κ3) is 2.56. The zero-order valence-electron chi connectivity index (χ0n) is 11.4. The molecule has 108 valence electrons. The maximum atomic E-state index is 12.2. The number of ketones is 1. The predicted molar refractivity (Wildman–Crippen MR) is 67.3 cm³/mol. The molecule has 0 spiro atoms. The highest BCUT2D eigenvalue weighted by Gasteiger charge is 2.36. The smallest absolute Gasteiger partial charge is 0.358 e. The molecular formula is C13H16N2O5. The topological polar surface area (TPSA) is 87.5 Å². The number of ether oxygens (including phenoxy) is 2. The number of hydrogen-bond acceptors (Lipinski definition) is 6. The van der Waals surface area contributed by atoms with E-state index in [1.54, 1.807) is 13.8 Å². The van der Waals surface area contributed by atoms with Crippen LogP contribution >= 0.6 is 0 Å². The van der Waals surface area contributed by atoms with Gasteiger partial charge in [0.05, 0.1) is 13.2 Å².